The maximum atomic E-state index is 6.37. The molecule has 4 aliphatic rings. The predicted octanol–water partition coefficient (Wildman–Crippen LogP) is 2.61. The molecule has 0 radical (unpaired) electrons. The Hall–Kier alpha value is -1.37. The molecule has 1 aromatic rings. The SMILES string of the molecule is CN(C)c1nc(CON=C(N)C23CC4CC(CC(C4)C2)C3)ns1. The van der Waals surface area contributed by atoms with Gasteiger partial charge in [0.25, 0.3) is 0 Å². The van der Waals surface area contributed by atoms with E-state index in [-0.39, 0.29) is 12.0 Å². The van der Waals surface area contributed by atoms with Gasteiger partial charge in [0.05, 0.1) is 0 Å². The molecule has 0 aliphatic heterocycles. The van der Waals surface area contributed by atoms with Crippen molar-refractivity contribution >= 4 is 22.5 Å². The first-order chi connectivity index (χ1) is 11.0. The second kappa shape index (κ2) is 5.61. The zero-order valence-corrected chi connectivity index (χ0v) is 14.7. The summed E-state index contributed by atoms with van der Waals surface area (Å²) in [5, 5.41) is 5.15. The third-order valence-corrected chi connectivity index (χ3v) is 6.70. The van der Waals surface area contributed by atoms with Crippen molar-refractivity contribution in [2.24, 2.45) is 34.1 Å². The third kappa shape index (κ3) is 2.79. The maximum Gasteiger partial charge on any atom is 0.204 e. The molecule has 0 aromatic carbocycles. The van der Waals surface area contributed by atoms with Gasteiger partial charge in [0.2, 0.25) is 5.13 Å². The van der Waals surface area contributed by atoms with Gasteiger partial charge in [0.1, 0.15) is 5.84 Å². The Balaban J connectivity index is 1.40. The summed E-state index contributed by atoms with van der Waals surface area (Å²) in [5.41, 5.74) is 6.48. The lowest BCUT2D eigenvalue weighted by atomic mass is 9.49. The Morgan fingerprint density at radius 1 is 1.26 bits per heavy atom. The molecule has 0 unspecified atom stereocenters. The Kier molecular flexibility index (Phi) is 3.70. The van der Waals surface area contributed by atoms with E-state index in [1.54, 1.807) is 0 Å². The number of nitrogens with zero attached hydrogens (tertiary/aromatic N) is 4. The Morgan fingerprint density at radius 3 is 2.39 bits per heavy atom. The molecular formula is C16H25N5OS. The molecule has 0 amide bonds. The third-order valence-electron chi connectivity index (χ3n) is 5.78. The lowest BCUT2D eigenvalue weighted by molar-refractivity contribution is -0.0160. The molecule has 0 atom stereocenters. The van der Waals surface area contributed by atoms with Crippen LogP contribution in [0.1, 0.15) is 44.3 Å². The number of oxime groups is 1. The van der Waals surface area contributed by atoms with Crippen molar-refractivity contribution < 1.29 is 4.84 Å². The molecule has 4 aliphatic carbocycles. The van der Waals surface area contributed by atoms with Crippen LogP contribution in [-0.4, -0.2) is 29.3 Å². The normalized spacial score (nSPS) is 35.6. The van der Waals surface area contributed by atoms with Crippen LogP contribution in [0.15, 0.2) is 5.16 Å². The van der Waals surface area contributed by atoms with E-state index < -0.39 is 0 Å². The molecule has 6 nitrogen and oxygen atoms in total. The molecular weight excluding hydrogens is 310 g/mol. The van der Waals surface area contributed by atoms with Crippen molar-refractivity contribution in [3.63, 3.8) is 0 Å². The number of aromatic nitrogens is 2. The van der Waals surface area contributed by atoms with Crippen LogP contribution in [0.25, 0.3) is 0 Å². The second-order valence-electron chi connectivity index (χ2n) is 7.84. The van der Waals surface area contributed by atoms with Crippen LogP contribution in [0, 0.1) is 23.2 Å². The zero-order chi connectivity index (χ0) is 16.0. The zero-order valence-electron chi connectivity index (χ0n) is 13.9. The van der Waals surface area contributed by atoms with Gasteiger partial charge in [-0.3, -0.25) is 0 Å². The van der Waals surface area contributed by atoms with Gasteiger partial charge < -0.3 is 15.5 Å². The number of nitrogens with two attached hydrogens (primary N) is 1. The average Bonchev–Trinajstić information content (AvgIpc) is 2.95. The molecule has 1 heterocycles. The Labute approximate surface area is 141 Å². The highest BCUT2D eigenvalue weighted by atomic mass is 32.1. The van der Waals surface area contributed by atoms with E-state index in [9.17, 15) is 0 Å². The van der Waals surface area contributed by atoms with Crippen molar-refractivity contribution in [2.75, 3.05) is 19.0 Å². The molecule has 4 saturated carbocycles. The lowest BCUT2D eigenvalue weighted by Crippen LogP contribution is -2.52. The minimum absolute atomic E-state index is 0.110. The number of amidine groups is 1. The molecule has 4 bridgehead atoms. The van der Waals surface area contributed by atoms with Crippen molar-refractivity contribution in [3.8, 4) is 0 Å². The number of hydrogen-bond acceptors (Lipinski definition) is 6. The first-order valence-corrected chi connectivity index (χ1v) is 9.27. The number of hydrogen-bond donors (Lipinski definition) is 1. The van der Waals surface area contributed by atoms with Gasteiger partial charge >= 0.3 is 0 Å². The summed E-state index contributed by atoms with van der Waals surface area (Å²) in [6.45, 7) is 0.289. The monoisotopic (exact) mass is 335 g/mol. The van der Waals surface area contributed by atoms with Gasteiger partial charge in [-0.25, -0.2) is 0 Å². The van der Waals surface area contributed by atoms with E-state index in [2.05, 4.69) is 14.5 Å². The molecule has 0 spiro atoms. The first kappa shape index (κ1) is 15.2. The van der Waals surface area contributed by atoms with Gasteiger partial charge in [-0.1, -0.05) is 5.16 Å². The first-order valence-electron chi connectivity index (χ1n) is 8.50. The van der Waals surface area contributed by atoms with Crippen molar-refractivity contribution in [1.82, 2.24) is 9.36 Å². The highest BCUT2D eigenvalue weighted by molar-refractivity contribution is 7.09. The van der Waals surface area contributed by atoms with E-state index in [4.69, 9.17) is 10.6 Å². The summed E-state index contributed by atoms with van der Waals surface area (Å²) in [6.07, 6.45) is 7.84. The smallest absolute Gasteiger partial charge is 0.204 e. The summed E-state index contributed by atoms with van der Waals surface area (Å²) < 4.78 is 4.28. The highest BCUT2D eigenvalue weighted by Crippen LogP contribution is 2.60. The van der Waals surface area contributed by atoms with Crippen LogP contribution in [0.5, 0.6) is 0 Å². The quantitative estimate of drug-likeness (QED) is 0.508. The molecule has 0 saturated heterocycles. The largest absolute Gasteiger partial charge is 0.386 e. The van der Waals surface area contributed by atoms with Gasteiger partial charge in [0.15, 0.2) is 12.4 Å². The summed E-state index contributed by atoms with van der Waals surface area (Å²) >= 11 is 1.37. The van der Waals surface area contributed by atoms with E-state index in [0.717, 1.165) is 22.9 Å². The van der Waals surface area contributed by atoms with Crippen LogP contribution in [0.4, 0.5) is 5.13 Å². The Bertz CT molecular complexity index is 576. The molecule has 23 heavy (non-hydrogen) atoms. The molecule has 2 N–H and O–H groups in total. The Morgan fingerprint density at radius 2 is 1.87 bits per heavy atom. The van der Waals surface area contributed by atoms with Crippen LogP contribution < -0.4 is 10.6 Å². The predicted molar refractivity (Wildman–Crippen MR) is 91.3 cm³/mol. The molecule has 4 fully saturated rings. The highest BCUT2D eigenvalue weighted by Gasteiger charge is 2.53. The van der Waals surface area contributed by atoms with Crippen LogP contribution in [0.3, 0.4) is 0 Å². The number of anilines is 1. The van der Waals surface area contributed by atoms with Crippen LogP contribution in [0.2, 0.25) is 0 Å². The minimum atomic E-state index is 0.110. The number of rotatable bonds is 5. The fraction of sp³-hybridized carbons (Fsp3) is 0.812. The van der Waals surface area contributed by atoms with E-state index in [1.165, 1.54) is 50.1 Å². The van der Waals surface area contributed by atoms with Crippen LogP contribution in [-0.2, 0) is 11.4 Å². The van der Waals surface area contributed by atoms with Gasteiger partial charge in [0, 0.05) is 31.0 Å². The summed E-state index contributed by atoms with van der Waals surface area (Å²) in [5.74, 6) is 3.95. The van der Waals surface area contributed by atoms with Crippen molar-refractivity contribution in [1.29, 1.82) is 0 Å². The second-order valence-corrected chi connectivity index (χ2v) is 8.57. The topological polar surface area (TPSA) is 76.6 Å². The average molecular weight is 335 g/mol. The molecule has 5 rings (SSSR count). The fourth-order valence-electron chi connectivity index (χ4n) is 5.17. The lowest BCUT2D eigenvalue weighted by Gasteiger charge is -2.56. The van der Waals surface area contributed by atoms with Crippen molar-refractivity contribution in [2.45, 2.75) is 45.1 Å². The molecule has 126 valence electrons. The summed E-state index contributed by atoms with van der Waals surface area (Å²) in [7, 11) is 3.91. The summed E-state index contributed by atoms with van der Waals surface area (Å²) in [6, 6.07) is 0. The van der Waals surface area contributed by atoms with Gasteiger partial charge in [-0.05, 0) is 56.3 Å². The molecule has 7 heteroatoms. The van der Waals surface area contributed by atoms with Gasteiger partial charge in [-0.15, -0.1) is 0 Å². The van der Waals surface area contributed by atoms with E-state index in [0.29, 0.717) is 11.7 Å². The standard InChI is InChI=1S/C16H25N5OS/c1-21(2)15-18-13(20-23-15)9-22-19-14(17)16-6-10-3-11(7-16)5-12(4-10)8-16/h10-12H,3-9H2,1-2H3,(H2,17,19). The van der Waals surface area contributed by atoms with Gasteiger partial charge in [-0.2, -0.15) is 9.36 Å². The fourth-order valence-corrected chi connectivity index (χ4v) is 5.76. The minimum Gasteiger partial charge on any atom is -0.386 e. The summed E-state index contributed by atoms with van der Waals surface area (Å²) in [4.78, 5) is 11.8. The van der Waals surface area contributed by atoms with E-state index in [1.807, 2.05) is 19.0 Å². The molecule has 1 aromatic heterocycles. The van der Waals surface area contributed by atoms with Crippen molar-refractivity contribution in [3.05, 3.63) is 5.82 Å². The maximum absolute atomic E-state index is 6.37. The van der Waals surface area contributed by atoms with Crippen LogP contribution >= 0.6 is 11.5 Å². The van der Waals surface area contributed by atoms with E-state index >= 15 is 0 Å².